The van der Waals surface area contributed by atoms with Crippen LogP contribution in [0.2, 0.25) is 5.02 Å². The molecular weight excluding hydrogens is 260 g/mol. The Balaban J connectivity index is 2.07. The third kappa shape index (κ3) is 3.34. The molecule has 0 radical (unpaired) electrons. The number of aliphatic hydroxyl groups is 1. The lowest BCUT2D eigenvalue weighted by Gasteiger charge is -2.36. The summed E-state index contributed by atoms with van der Waals surface area (Å²) in [5.74, 6) is 0. The van der Waals surface area contributed by atoms with Crippen LogP contribution in [0.4, 0.5) is 11.4 Å². The Morgan fingerprint density at radius 1 is 1.32 bits per heavy atom. The fourth-order valence-electron chi connectivity index (χ4n) is 2.87. The van der Waals surface area contributed by atoms with Crippen molar-refractivity contribution < 1.29 is 5.11 Å². The molecule has 0 heterocycles. The van der Waals surface area contributed by atoms with Gasteiger partial charge in [0.05, 0.1) is 17.3 Å². The minimum atomic E-state index is 0.0263. The first kappa shape index (κ1) is 14.5. The average molecular weight is 283 g/mol. The van der Waals surface area contributed by atoms with E-state index in [2.05, 4.69) is 5.32 Å². The van der Waals surface area contributed by atoms with Crippen molar-refractivity contribution in [1.29, 1.82) is 0 Å². The van der Waals surface area contributed by atoms with E-state index < -0.39 is 0 Å². The van der Waals surface area contributed by atoms with Crippen LogP contribution in [0.3, 0.4) is 0 Å². The van der Waals surface area contributed by atoms with Crippen LogP contribution < -0.4 is 11.1 Å². The number of nitrogens with one attached hydrogen (secondary N) is 1. The summed E-state index contributed by atoms with van der Waals surface area (Å²) >= 11 is 6.06. The zero-order chi connectivity index (χ0) is 13.9. The summed E-state index contributed by atoms with van der Waals surface area (Å²) in [5, 5.41) is 13.7. The van der Waals surface area contributed by atoms with Crippen LogP contribution in [0, 0.1) is 12.3 Å². The molecular formula is C15H23ClN2O. The molecule has 4 heteroatoms. The highest BCUT2D eigenvalue weighted by molar-refractivity contribution is 6.33. The van der Waals surface area contributed by atoms with Gasteiger partial charge in [-0.1, -0.05) is 30.9 Å². The van der Waals surface area contributed by atoms with E-state index in [1.165, 1.54) is 19.3 Å². The lowest BCUT2D eigenvalue weighted by atomic mass is 9.74. The van der Waals surface area contributed by atoms with Crippen molar-refractivity contribution >= 4 is 23.0 Å². The van der Waals surface area contributed by atoms with Crippen molar-refractivity contribution in [2.45, 2.75) is 39.0 Å². The van der Waals surface area contributed by atoms with E-state index in [1.54, 1.807) is 0 Å². The van der Waals surface area contributed by atoms with E-state index in [-0.39, 0.29) is 12.0 Å². The third-order valence-corrected chi connectivity index (χ3v) is 4.57. The van der Waals surface area contributed by atoms with Crippen LogP contribution in [-0.4, -0.2) is 18.3 Å². The summed E-state index contributed by atoms with van der Waals surface area (Å²) in [6.07, 6.45) is 5.90. The Bertz CT molecular complexity index is 442. The number of anilines is 2. The highest BCUT2D eigenvalue weighted by Gasteiger charge is 2.31. The molecule has 1 aliphatic carbocycles. The molecule has 4 N–H and O–H groups in total. The smallest absolute Gasteiger partial charge is 0.0656 e. The number of benzene rings is 1. The van der Waals surface area contributed by atoms with Gasteiger partial charge >= 0.3 is 0 Å². The lowest BCUT2D eigenvalue weighted by Crippen LogP contribution is -2.35. The number of hydrogen-bond donors (Lipinski definition) is 3. The van der Waals surface area contributed by atoms with Crippen molar-refractivity contribution in [2.24, 2.45) is 5.41 Å². The highest BCUT2D eigenvalue weighted by Crippen LogP contribution is 2.36. The molecule has 0 saturated heterocycles. The summed E-state index contributed by atoms with van der Waals surface area (Å²) < 4.78 is 0. The minimum Gasteiger partial charge on any atom is -0.398 e. The van der Waals surface area contributed by atoms with Crippen molar-refractivity contribution in [3.63, 3.8) is 0 Å². The van der Waals surface area contributed by atoms with Crippen molar-refractivity contribution in [2.75, 3.05) is 24.2 Å². The molecule has 1 aromatic carbocycles. The predicted molar refractivity (Wildman–Crippen MR) is 81.7 cm³/mol. The zero-order valence-corrected chi connectivity index (χ0v) is 12.3. The largest absolute Gasteiger partial charge is 0.398 e. The number of halogens is 1. The number of aryl methyl sites for hydroxylation is 1. The molecule has 3 nitrogen and oxygen atoms in total. The standard InChI is InChI=1S/C15H23ClN2O/c1-11-7-13(17)12(16)8-14(11)18-9-15(10-19)5-3-2-4-6-15/h7-8,18-19H,2-6,9-10,17H2,1H3. The Kier molecular flexibility index (Phi) is 4.58. The number of hydrogen-bond acceptors (Lipinski definition) is 3. The molecule has 1 aromatic rings. The van der Waals surface area contributed by atoms with Crippen LogP contribution in [0.25, 0.3) is 0 Å². The second-order valence-corrected chi connectivity index (χ2v) is 6.17. The van der Waals surface area contributed by atoms with Crippen molar-refractivity contribution in [1.82, 2.24) is 0 Å². The van der Waals surface area contributed by atoms with Gasteiger partial charge in [0.15, 0.2) is 0 Å². The molecule has 1 fully saturated rings. The van der Waals surface area contributed by atoms with E-state index in [0.29, 0.717) is 10.7 Å². The fourth-order valence-corrected chi connectivity index (χ4v) is 3.03. The Labute approximate surface area is 120 Å². The van der Waals surface area contributed by atoms with Gasteiger partial charge in [0.25, 0.3) is 0 Å². The van der Waals surface area contributed by atoms with Gasteiger partial charge in [0, 0.05) is 17.6 Å². The van der Waals surface area contributed by atoms with Gasteiger partial charge in [-0.05, 0) is 37.5 Å². The maximum atomic E-state index is 9.70. The minimum absolute atomic E-state index is 0.0263. The average Bonchev–Trinajstić information content (AvgIpc) is 2.42. The fraction of sp³-hybridized carbons (Fsp3) is 0.600. The first-order chi connectivity index (χ1) is 9.06. The molecule has 1 saturated carbocycles. The van der Waals surface area contributed by atoms with Crippen molar-refractivity contribution in [3.05, 3.63) is 22.7 Å². The molecule has 0 aromatic heterocycles. The molecule has 0 aliphatic heterocycles. The maximum absolute atomic E-state index is 9.70. The molecule has 1 aliphatic rings. The van der Waals surface area contributed by atoms with Gasteiger partial charge in [-0.3, -0.25) is 0 Å². The molecule has 0 unspecified atom stereocenters. The van der Waals surface area contributed by atoms with Gasteiger partial charge in [-0.15, -0.1) is 0 Å². The topological polar surface area (TPSA) is 58.3 Å². The van der Waals surface area contributed by atoms with E-state index in [9.17, 15) is 5.11 Å². The Morgan fingerprint density at radius 2 is 2.00 bits per heavy atom. The lowest BCUT2D eigenvalue weighted by molar-refractivity contribution is 0.0944. The molecule has 0 spiro atoms. The normalized spacial score (nSPS) is 18.3. The molecule has 106 valence electrons. The number of nitrogens with two attached hydrogens (primary N) is 1. The number of nitrogen functional groups attached to an aromatic ring is 1. The van der Waals surface area contributed by atoms with Crippen molar-refractivity contribution in [3.8, 4) is 0 Å². The second-order valence-electron chi connectivity index (χ2n) is 5.76. The maximum Gasteiger partial charge on any atom is 0.0656 e. The van der Waals surface area contributed by atoms with E-state index in [4.69, 9.17) is 17.3 Å². The Morgan fingerprint density at radius 3 is 2.63 bits per heavy atom. The highest BCUT2D eigenvalue weighted by atomic mass is 35.5. The molecule has 0 atom stereocenters. The third-order valence-electron chi connectivity index (χ3n) is 4.25. The quantitative estimate of drug-likeness (QED) is 0.740. The van der Waals surface area contributed by atoms with E-state index in [0.717, 1.165) is 30.6 Å². The van der Waals surface area contributed by atoms with Gasteiger partial charge in [0.1, 0.15) is 0 Å². The zero-order valence-electron chi connectivity index (χ0n) is 11.5. The summed E-state index contributed by atoms with van der Waals surface area (Å²) in [6, 6.07) is 3.76. The number of rotatable bonds is 4. The number of aliphatic hydroxyl groups excluding tert-OH is 1. The first-order valence-electron chi connectivity index (χ1n) is 6.97. The van der Waals surface area contributed by atoms with Gasteiger partial charge in [-0.25, -0.2) is 0 Å². The van der Waals surface area contributed by atoms with Gasteiger partial charge in [-0.2, -0.15) is 0 Å². The monoisotopic (exact) mass is 282 g/mol. The summed E-state index contributed by atoms with van der Waals surface area (Å²) in [5.41, 5.74) is 8.52. The van der Waals surface area contributed by atoms with Crippen LogP contribution >= 0.6 is 11.6 Å². The SMILES string of the molecule is Cc1cc(N)c(Cl)cc1NCC1(CO)CCCCC1. The summed E-state index contributed by atoms with van der Waals surface area (Å²) in [7, 11) is 0. The molecule has 19 heavy (non-hydrogen) atoms. The van der Waals surface area contributed by atoms with E-state index in [1.807, 2.05) is 19.1 Å². The summed E-state index contributed by atoms with van der Waals surface area (Å²) in [6.45, 7) is 3.06. The molecule has 2 rings (SSSR count). The van der Waals surface area contributed by atoms with Crippen LogP contribution in [0.1, 0.15) is 37.7 Å². The summed E-state index contributed by atoms with van der Waals surface area (Å²) in [4.78, 5) is 0. The second kappa shape index (κ2) is 6.02. The Hall–Kier alpha value is -0.930. The van der Waals surface area contributed by atoms with Gasteiger partial charge in [0.2, 0.25) is 0 Å². The first-order valence-corrected chi connectivity index (χ1v) is 7.34. The van der Waals surface area contributed by atoms with Crippen LogP contribution in [0.5, 0.6) is 0 Å². The molecule has 0 bridgehead atoms. The van der Waals surface area contributed by atoms with Crippen LogP contribution in [0.15, 0.2) is 12.1 Å². The molecule has 0 amide bonds. The van der Waals surface area contributed by atoms with E-state index >= 15 is 0 Å². The van der Waals surface area contributed by atoms with Gasteiger partial charge < -0.3 is 16.2 Å². The predicted octanol–water partition coefficient (Wildman–Crippen LogP) is 3.59. The van der Waals surface area contributed by atoms with Crippen LogP contribution in [-0.2, 0) is 0 Å².